The first-order valence-corrected chi connectivity index (χ1v) is 14.8. The number of furan rings is 1. The molecule has 4 aromatic carbocycles. The van der Waals surface area contributed by atoms with Gasteiger partial charge in [0.15, 0.2) is 0 Å². The molecule has 8 nitrogen and oxygen atoms in total. The number of aliphatic imine (C=N–C) groups is 1. The minimum Gasteiger partial charge on any atom is -0.468 e. The van der Waals surface area contributed by atoms with Gasteiger partial charge in [-0.1, -0.05) is 60.7 Å². The fraction of sp³-hybridized carbons (Fsp3) is 0.0588. The van der Waals surface area contributed by atoms with Crippen molar-refractivity contribution in [2.75, 3.05) is 16.0 Å². The standard InChI is InChI=1S/C34H27N7OS/c1-3-10-24(11-4-1)35-32-39-33(36-25-12-5-2-6-13-25)41-34(40-32)37-26-19-17-23(18-20-26)28-22-31(29-15-9-21-42-29)43-30-16-8-7-14-27(30)38-28/h1-21,31H,22H2,(H3,35,36,37,39,40,41). The van der Waals surface area contributed by atoms with Crippen LogP contribution >= 0.6 is 11.8 Å². The zero-order valence-corrected chi connectivity index (χ0v) is 23.8. The zero-order valence-electron chi connectivity index (χ0n) is 23.0. The van der Waals surface area contributed by atoms with E-state index in [9.17, 15) is 0 Å². The van der Waals surface area contributed by atoms with Crippen molar-refractivity contribution in [3.05, 3.63) is 139 Å². The molecule has 0 bridgehead atoms. The Balaban J connectivity index is 1.15. The Morgan fingerprint density at radius 1 is 0.581 bits per heavy atom. The monoisotopic (exact) mass is 581 g/mol. The number of hydrogen-bond acceptors (Lipinski definition) is 9. The van der Waals surface area contributed by atoms with Gasteiger partial charge in [0, 0.05) is 34.1 Å². The van der Waals surface area contributed by atoms with Crippen LogP contribution in [0.2, 0.25) is 0 Å². The number of rotatable bonds is 8. The molecule has 0 radical (unpaired) electrons. The number of hydrogen-bond donors (Lipinski definition) is 3. The van der Waals surface area contributed by atoms with E-state index >= 15 is 0 Å². The first kappa shape index (κ1) is 26.5. The SMILES string of the molecule is c1ccc(Nc2nc(Nc3ccccc3)nc(Nc3ccc(C4=Nc5ccccc5SC(c5ccco5)C4)cc3)n2)cc1. The Bertz CT molecular complexity index is 1780. The van der Waals surface area contributed by atoms with Crippen molar-refractivity contribution in [1.82, 2.24) is 15.0 Å². The second-order valence-electron chi connectivity index (χ2n) is 9.84. The molecule has 1 aliphatic rings. The predicted octanol–water partition coefficient (Wildman–Crippen LogP) is 9.05. The molecule has 3 heterocycles. The van der Waals surface area contributed by atoms with Crippen LogP contribution in [0.5, 0.6) is 0 Å². The molecule has 210 valence electrons. The van der Waals surface area contributed by atoms with Crippen LogP contribution in [-0.4, -0.2) is 20.7 Å². The molecule has 1 aliphatic heterocycles. The van der Waals surface area contributed by atoms with Crippen molar-refractivity contribution in [2.45, 2.75) is 16.6 Å². The molecule has 3 N–H and O–H groups in total. The Hall–Kier alpha value is -5.41. The molecular weight excluding hydrogens is 554 g/mol. The lowest BCUT2D eigenvalue weighted by molar-refractivity contribution is 0.508. The number of thioether (sulfide) groups is 1. The van der Waals surface area contributed by atoms with E-state index in [1.54, 1.807) is 18.0 Å². The number of benzene rings is 4. The Morgan fingerprint density at radius 3 is 1.72 bits per heavy atom. The Labute approximate surface area is 253 Å². The first-order chi connectivity index (χ1) is 21.2. The summed E-state index contributed by atoms with van der Waals surface area (Å²) in [7, 11) is 0. The molecule has 9 heteroatoms. The zero-order chi connectivity index (χ0) is 28.8. The Kier molecular flexibility index (Phi) is 7.53. The van der Waals surface area contributed by atoms with Gasteiger partial charge in [-0.2, -0.15) is 15.0 Å². The van der Waals surface area contributed by atoms with Crippen LogP contribution in [0, 0.1) is 0 Å². The highest BCUT2D eigenvalue weighted by molar-refractivity contribution is 7.99. The maximum absolute atomic E-state index is 5.79. The van der Waals surface area contributed by atoms with Gasteiger partial charge in [-0.15, -0.1) is 11.8 Å². The lowest BCUT2D eigenvalue weighted by atomic mass is 10.0. The highest BCUT2D eigenvalue weighted by Crippen LogP contribution is 2.45. The van der Waals surface area contributed by atoms with Crippen LogP contribution in [0.25, 0.3) is 0 Å². The second kappa shape index (κ2) is 12.2. The molecule has 0 saturated heterocycles. The molecule has 0 spiro atoms. The number of nitrogens with zero attached hydrogens (tertiary/aromatic N) is 4. The summed E-state index contributed by atoms with van der Waals surface area (Å²) in [6.07, 6.45) is 2.48. The number of anilines is 6. The van der Waals surface area contributed by atoms with Gasteiger partial charge < -0.3 is 20.4 Å². The summed E-state index contributed by atoms with van der Waals surface area (Å²) in [6, 6.07) is 40.0. The largest absolute Gasteiger partial charge is 0.468 e. The topological polar surface area (TPSA) is 100 Å². The molecule has 1 unspecified atom stereocenters. The third kappa shape index (κ3) is 6.42. The molecule has 0 amide bonds. The maximum atomic E-state index is 5.79. The quantitative estimate of drug-likeness (QED) is 0.164. The lowest BCUT2D eigenvalue weighted by Crippen LogP contribution is -2.08. The summed E-state index contributed by atoms with van der Waals surface area (Å²) in [6.45, 7) is 0. The smallest absolute Gasteiger partial charge is 0.233 e. The number of nitrogens with one attached hydrogen (secondary N) is 3. The summed E-state index contributed by atoms with van der Waals surface area (Å²) in [5.74, 6) is 2.20. The van der Waals surface area contributed by atoms with Crippen LogP contribution in [0.15, 0.2) is 142 Å². The van der Waals surface area contributed by atoms with Crippen molar-refractivity contribution in [3.8, 4) is 0 Å². The summed E-state index contributed by atoms with van der Waals surface area (Å²) >= 11 is 1.79. The molecule has 2 aromatic heterocycles. The highest BCUT2D eigenvalue weighted by atomic mass is 32.2. The van der Waals surface area contributed by atoms with Crippen LogP contribution in [-0.2, 0) is 0 Å². The van der Waals surface area contributed by atoms with Crippen molar-refractivity contribution >= 4 is 58.1 Å². The third-order valence-corrected chi connectivity index (χ3v) is 8.08. The van der Waals surface area contributed by atoms with Gasteiger partial charge >= 0.3 is 0 Å². The van der Waals surface area contributed by atoms with Crippen molar-refractivity contribution < 1.29 is 4.42 Å². The molecule has 7 rings (SSSR count). The van der Waals surface area contributed by atoms with E-state index < -0.39 is 0 Å². The van der Waals surface area contributed by atoms with Gasteiger partial charge in [0.05, 0.1) is 17.2 Å². The molecular formula is C34H27N7OS. The average molecular weight is 582 g/mol. The van der Waals surface area contributed by atoms with E-state index in [2.05, 4.69) is 61.2 Å². The minimum atomic E-state index is 0.131. The van der Waals surface area contributed by atoms with Crippen molar-refractivity contribution in [2.24, 2.45) is 4.99 Å². The fourth-order valence-corrected chi connectivity index (χ4v) is 5.94. The predicted molar refractivity (Wildman–Crippen MR) is 174 cm³/mol. The second-order valence-corrected chi connectivity index (χ2v) is 11.1. The molecule has 0 saturated carbocycles. The lowest BCUT2D eigenvalue weighted by Gasteiger charge is -2.14. The maximum Gasteiger partial charge on any atom is 0.233 e. The van der Waals surface area contributed by atoms with E-state index in [-0.39, 0.29) is 5.25 Å². The molecule has 6 aromatic rings. The normalized spacial score (nSPS) is 14.2. The van der Waals surface area contributed by atoms with Crippen LogP contribution in [0.4, 0.5) is 40.6 Å². The molecule has 0 fully saturated rings. The third-order valence-electron chi connectivity index (χ3n) is 6.80. The van der Waals surface area contributed by atoms with Gasteiger partial charge in [-0.3, -0.25) is 4.99 Å². The minimum absolute atomic E-state index is 0.131. The number of para-hydroxylation sites is 3. The first-order valence-electron chi connectivity index (χ1n) is 13.9. The van der Waals surface area contributed by atoms with Gasteiger partial charge in [0.1, 0.15) is 5.76 Å². The average Bonchev–Trinajstić information content (AvgIpc) is 3.50. The van der Waals surface area contributed by atoms with E-state index in [1.165, 1.54) is 0 Å². The van der Waals surface area contributed by atoms with E-state index in [0.29, 0.717) is 17.8 Å². The number of aromatic nitrogens is 3. The molecule has 43 heavy (non-hydrogen) atoms. The van der Waals surface area contributed by atoms with E-state index in [4.69, 9.17) is 9.41 Å². The van der Waals surface area contributed by atoms with E-state index in [1.807, 2.05) is 91.0 Å². The molecule has 1 atom stereocenters. The van der Waals surface area contributed by atoms with Crippen molar-refractivity contribution in [1.29, 1.82) is 0 Å². The summed E-state index contributed by atoms with van der Waals surface area (Å²) in [5, 5.41) is 10.0. The van der Waals surface area contributed by atoms with Crippen LogP contribution in [0.3, 0.4) is 0 Å². The van der Waals surface area contributed by atoms with Gasteiger partial charge in [0.2, 0.25) is 17.8 Å². The van der Waals surface area contributed by atoms with Crippen LogP contribution < -0.4 is 16.0 Å². The van der Waals surface area contributed by atoms with Gasteiger partial charge in [-0.25, -0.2) is 0 Å². The Morgan fingerprint density at radius 2 is 1.14 bits per heavy atom. The van der Waals surface area contributed by atoms with Crippen LogP contribution in [0.1, 0.15) is 23.0 Å². The number of fused-ring (bicyclic) bond motifs is 1. The molecule has 0 aliphatic carbocycles. The van der Waals surface area contributed by atoms with Gasteiger partial charge in [-0.05, 0) is 66.2 Å². The highest BCUT2D eigenvalue weighted by Gasteiger charge is 2.24. The van der Waals surface area contributed by atoms with E-state index in [0.717, 1.165) is 51.1 Å². The van der Waals surface area contributed by atoms with Crippen molar-refractivity contribution in [3.63, 3.8) is 0 Å². The summed E-state index contributed by atoms with van der Waals surface area (Å²) in [4.78, 5) is 20.1. The summed E-state index contributed by atoms with van der Waals surface area (Å²) in [5.41, 5.74) is 5.64. The fourth-order valence-electron chi connectivity index (χ4n) is 4.75. The van der Waals surface area contributed by atoms with Gasteiger partial charge in [0.25, 0.3) is 0 Å². The summed E-state index contributed by atoms with van der Waals surface area (Å²) < 4.78 is 5.79.